The summed E-state index contributed by atoms with van der Waals surface area (Å²) in [4.78, 5) is 32.1. The number of imide groups is 1. The molecule has 2 amide bonds. The molecule has 144 valence electrons. The molecule has 4 rings (SSSR count). The molecule has 0 saturated carbocycles. The molecule has 0 atom stereocenters. The molecule has 27 heavy (non-hydrogen) atoms. The Bertz CT molecular complexity index is 750. The van der Waals surface area contributed by atoms with E-state index >= 15 is 0 Å². The third-order valence-corrected chi connectivity index (χ3v) is 5.69. The molecule has 2 fully saturated rings. The molecule has 2 saturated heterocycles. The van der Waals surface area contributed by atoms with Crippen molar-refractivity contribution in [3.8, 4) is 0 Å². The van der Waals surface area contributed by atoms with Crippen LogP contribution in [-0.4, -0.2) is 79.0 Å². The van der Waals surface area contributed by atoms with Gasteiger partial charge >= 0.3 is 0 Å². The SMILES string of the molecule is O=C1C(c2ccc(Cl)cc2)=C(N2CCCC2)C(=O)N1CCN1CCOCC1. The van der Waals surface area contributed by atoms with E-state index in [0.717, 1.165) is 44.6 Å². The molecule has 3 heterocycles. The summed E-state index contributed by atoms with van der Waals surface area (Å²) in [5.41, 5.74) is 1.83. The van der Waals surface area contributed by atoms with Crippen molar-refractivity contribution in [2.24, 2.45) is 0 Å². The highest BCUT2D eigenvalue weighted by molar-refractivity contribution is 6.36. The van der Waals surface area contributed by atoms with E-state index in [-0.39, 0.29) is 11.8 Å². The van der Waals surface area contributed by atoms with E-state index in [9.17, 15) is 9.59 Å². The van der Waals surface area contributed by atoms with E-state index in [0.29, 0.717) is 42.6 Å². The second kappa shape index (κ2) is 8.00. The molecule has 0 bridgehead atoms. The van der Waals surface area contributed by atoms with E-state index in [1.54, 1.807) is 12.1 Å². The zero-order valence-corrected chi connectivity index (χ0v) is 16.1. The van der Waals surface area contributed by atoms with E-state index in [1.165, 1.54) is 4.90 Å². The van der Waals surface area contributed by atoms with Crippen LogP contribution in [0.25, 0.3) is 5.57 Å². The molecule has 0 aliphatic carbocycles. The van der Waals surface area contributed by atoms with Gasteiger partial charge < -0.3 is 9.64 Å². The Morgan fingerprint density at radius 2 is 1.56 bits per heavy atom. The van der Waals surface area contributed by atoms with Crippen LogP contribution in [0, 0.1) is 0 Å². The lowest BCUT2D eigenvalue weighted by molar-refractivity contribution is -0.137. The van der Waals surface area contributed by atoms with Gasteiger partial charge in [0.05, 0.1) is 18.8 Å². The van der Waals surface area contributed by atoms with Gasteiger partial charge in [0.15, 0.2) is 0 Å². The summed E-state index contributed by atoms with van der Waals surface area (Å²) in [7, 11) is 0. The molecule has 7 heteroatoms. The summed E-state index contributed by atoms with van der Waals surface area (Å²) in [6.45, 7) is 5.82. The summed E-state index contributed by atoms with van der Waals surface area (Å²) in [5.74, 6) is -0.363. The highest BCUT2D eigenvalue weighted by Gasteiger charge is 2.41. The van der Waals surface area contributed by atoms with Crippen molar-refractivity contribution in [1.82, 2.24) is 14.7 Å². The zero-order valence-electron chi connectivity index (χ0n) is 15.3. The molecule has 6 nitrogen and oxygen atoms in total. The van der Waals surface area contributed by atoms with Crippen LogP contribution in [0.2, 0.25) is 5.02 Å². The first-order valence-corrected chi connectivity index (χ1v) is 9.94. The summed E-state index contributed by atoms with van der Waals surface area (Å²) < 4.78 is 5.37. The Hall–Kier alpha value is -1.89. The number of benzene rings is 1. The fourth-order valence-electron chi connectivity index (χ4n) is 3.94. The Balaban J connectivity index is 1.59. The predicted molar refractivity (Wildman–Crippen MR) is 103 cm³/mol. The van der Waals surface area contributed by atoms with Crippen LogP contribution in [0.4, 0.5) is 0 Å². The fraction of sp³-hybridized carbons (Fsp3) is 0.500. The maximum atomic E-state index is 13.2. The van der Waals surface area contributed by atoms with Crippen LogP contribution in [0.1, 0.15) is 18.4 Å². The van der Waals surface area contributed by atoms with Crippen molar-refractivity contribution in [3.05, 3.63) is 40.5 Å². The second-order valence-corrected chi connectivity index (χ2v) is 7.58. The van der Waals surface area contributed by atoms with E-state index in [1.807, 2.05) is 12.1 Å². The normalized spacial score (nSPS) is 21.7. The minimum Gasteiger partial charge on any atom is -0.379 e. The topological polar surface area (TPSA) is 53.1 Å². The van der Waals surface area contributed by atoms with Gasteiger partial charge in [0, 0.05) is 44.3 Å². The van der Waals surface area contributed by atoms with Crippen LogP contribution < -0.4 is 0 Å². The average Bonchev–Trinajstić information content (AvgIpc) is 3.29. The molecular weight excluding hydrogens is 366 g/mol. The zero-order chi connectivity index (χ0) is 18.8. The summed E-state index contributed by atoms with van der Waals surface area (Å²) in [6.07, 6.45) is 2.10. The van der Waals surface area contributed by atoms with Gasteiger partial charge in [-0.1, -0.05) is 23.7 Å². The number of carbonyl (C=O) groups is 2. The first-order chi connectivity index (χ1) is 13.1. The third kappa shape index (κ3) is 3.74. The lowest BCUT2D eigenvalue weighted by Gasteiger charge is -2.28. The van der Waals surface area contributed by atoms with Crippen LogP contribution in [0.15, 0.2) is 30.0 Å². The number of hydrogen-bond acceptors (Lipinski definition) is 5. The van der Waals surface area contributed by atoms with Crippen LogP contribution in [0.5, 0.6) is 0 Å². The molecule has 3 aliphatic heterocycles. The lowest BCUT2D eigenvalue weighted by Crippen LogP contribution is -2.44. The highest BCUT2D eigenvalue weighted by atomic mass is 35.5. The molecule has 0 radical (unpaired) electrons. The molecule has 0 N–H and O–H groups in total. The van der Waals surface area contributed by atoms with E-state index < -0.39 is 0 Å². The van der Waals surface area contributed by atoms with Gasteiger partial charge in [-0.25, -0.2) is 0 Å². The fourth-order valence-corrected chi connectivity index (χ4v) is 4.07. The number of hydrogen-bond donors (Lipinski definition) is 0. The van der Waals surface area contributed by atoms with Gasteiger partial charge in [0.2, 0.25) is 0 Å². The summed E-state index contributed by atoms with van der Waals surface area (Å²) in [6, 6.07) is 7.17. The van der Waals surface area contributed by atoms with E-state index in [2.05, 4.69) is 9.80 Å². The first-order valence-electron chi connectivity index (χ1n) is 9.56. The minimum atomic E-state index is -0.197. The van der Waals surface area contributed by atoms with Gasteiger partial charge in [-0.3, -0.25) is 19.4 Å². The maximum absolute atomic E-state index is 13.2. The van der Waals surface area contributed by atoms with Gasteiger partial charge in [0.1, 0.15) is 5.70 Å². The summed E-state index contributed by atoms with van der Waals surface area (Å²) in [5, 5.41) is 0.614. The number of carbonyl (C=O) groups excluding carboxylic acids is 2. The standard InChI is InChI=1S/C20H24ClN3O3/c21-16-5-3-15(4-6-16)17-18(23-7-1-2-8-23)20(26)24(19(17)25)10-9-22-11-13-27-14-12-22/h3-6H,1-2,7-14H2. The molecule has 1 aromatic carbocycles. The predicted octanol–water partition coefficient (Wildman–Crippen LogP) is 1.85. The van der Waals surface area contributed by atoms with Crippen LogP contribution >= 0.6 is 11.6 Å². The summed E-state index contributed by atoms with van der Waals surface area (Å²) >= 11 is 6.01. The molecule has 0 aromatic heterocycles. The second-order valence-electron chi connectivity index (χ2n) is 7.14. The van der Waals surface area contributed by atoms with Crippen LogP contribution in [-0.2, 0) is 14.3 Å². The van der Waals surface area contributed by atoms with Crippen LogP contribution in [0.3, 0.4) is 0 Å². The molecule has 3 aliphatic rings. The monoisotopic (exact) mass is 389 g/mol. The van der Waals surface area contributed by atoms with Crippen molar-refractivity contribution >= 4 is 29.0 Å². The molecule has 0 spiro atoms. The number of ether oxygens (including phenoxy) is 1. The molecule has 1 aromatic rings. The largest absolute Gasteiger partial charge is 0.379 e. The van der Waals surface area contributed by atoms with Crippen molar-refractivity contribution in [1.29, 1.82) is 0 Å². The Labute approximate surface area is 164 Å². The van der Waals surface area contributed by atoms with Gasteiger partial charge in [-0.05, 0) is 30.5 Å². The molecule has 0 unspecified atom stereocenters. The number of likely N-dealkylation sites (tertiary alicyclic amines) is 1. The smallest absolute Gasteiger partial charge is 0.277 e. The van der Waals surface area contributed by atoms with Gasteiger partial charge in [-0.15, -0.1) is 0 Å². The maximum Gasteiger partial charge on any atom is 0.277 e. The van der Waals surface area contributed by atoms with Gasteiger partial charge in [0.25, 0.3) is 11.8 Å². The van der Waals surface area contributed by atoms with E-state index in [4.69, 9.17) is 16.3 Å². The number of morpholine rings is 1. The Kier molecular flexibility index (Phi) is 5.48. The average molecular weight is 390 g/mol. The Morgan fingerprint density at radius 1 is 0.889 bits per heavy atom. The number of rotatable bonds is 5. The minimum absolute atomic E-state index is 0.167. The third-order valence-electron chi connectivity index (χ3n) is 5.44. The van der Waals surface area contributed by atoms with Gasteiger partial charge in [-0.2, -0.15) is 0 Å². The molecular formula is C20H24ClN3O3. The number of halogens is 1. The highest BCUT2D eigenvalue weighted by Crippen LogP contribution is 2.33. The van der Waals surface area contributed by atoms with Crippen molar-refractivity contribution in [2.45, 2.75) is 12.8 Å². The quantitative estimate of drug-likeness (QED) is 0.719. The lowest BCUT2D eigenvalue weighted by atomic mass is 10.0. The Morgan fingerprint density at radius 3 is 2.22 bits per heavy atom. The number of amides is 2. The number of nitrogens with zero attached hydrogens (tertiary/aromatic N) is 3. The first kappa shape index (κ1) is 18.5. The van der Waals surface area contributed by atoms with Crippen molar-refractivity contribution in [3.63, 3.8) is 0 Å². The van der Waals surface area contributed by atoms with Crippen molar-refractivity contribution < 1.29 is 14.3 Å². The van der Waals surface area contributed by atoms with Crippen molar-refractivity contribution in [2.75, 3.05) is 52.5 Å².